The number of carbonyl (C=O) groups is 3. The highest BCUT2D eigenvalue weighted by Crippen LogP contribution is 2.39. The molecule has 1 atom stereocenters. The average Bonchev–Trinajstić information content (AvgIpc) is 2.80. The lowest BCUT2D eigenvalue weighted by atomic mass is 9.99. The highest BCUT2D eigenvalue weighted by Gasteiger charge is 2.34. The Morgan fingerprint density at radius 1 is 0.971 bits per heavy atom. The summed E-state index contributed by atoms with van der Waals surface area (Å²) in [6.45, 7) is 8.85. The maximum absolute atomic E-state index is 12.9. The normalized spacial score (nSPS) is 15.3. The van der Waals surface area contributed by atoms with Crippen LogP contribution in [0.2, 0.25) is 0 Å². The molecule has 0 spiro atoms. The molecule has 0 aliphatic carbocycles. The summed E-state index contributed by atoms with van der Waals surface area (Å²) in [7, 11) is 5.76. The van der Waals surface area contributed by atoms with Crippen LogP contribution in [0.1, 0.15) is 38.1 Å². The Labute approximate surface area is 208 Å². The second-order valence-electron chi connectivity index (χ2n) is 9.59. The molecule has 0 unspecified atom stereocenters. The van der Waals surface area contributed by atoms with Crippen molar-refractivity contribution < 1.29 is 19.1 Å². The molecule has 0 aromatic heterocycles. The van der Waals surface area contributed by atoms with Crippen molar-refractivity contribution in [3.8, 4) is 11.1 Å². The highest BCUT2D eigenvalue weighted by molar-refractivity contribution is 6.03. The summed E-state index contributed by atoms with van der Waals surface area (Å²) in [4.78, 5) is 45.1. The van der Waals surface area contributed by atoms with Crippen LogP contribution in [0.25, 0.3) is 11.1 Å². The van der Waals surface area contributed by atoms with Crippen LogP contribution in [0, 0.1) is 0 Å². The maximum Gasteiger partial charge on any atom is 0.414 e. The first-order chi connectivity index (χ1) is 16.5. The second-order valence-corrected chi connectivity index (χ2v) is 9.59. The van der Waals surface area contributed by atoms with Crippen LogP contribution < -0.4 is 9.80 Å². The number of hydrogen-bond acceptors (Lipinski definition) is 5. The number of ether oxygens (including phenoxy) is 1. The summed E-state index contributed by atoms with van der Waals surface area (Å²) in [6, 6.07) is 13.0. The molecule has 8 nitrogen and oxygen atoms in total. The fourth-order valence-electron chi connectivity index (χ4n) is 4.20. The van der Waals surface area contributed by atoms with E-state index in [1.165, 1.54) is 6.92 Å². The van der Waals surface area contributed by atoms with Crippen molar-refractivity contribution in [2.45, 2.75) is 39.8 Å². The Hall–Kier alpha value is -3.39. The van der Waals surface area contributed by atoms with Gasteiger partial charge >= 0.3 is 6.09 Å². The average molecular weight is 481 g/mol. The molecular weight excluding hydrogens is 444 g/mol. The summed E-state index contributed by atoms with van der Waals surface area (Å²) in [5.41, 5.74) is 3.71. The molecule has 0 bridgehead atoms. The molecule has 1 aliphatic rings. The molecule has 0 radical (unpaired) electrons. The molecule has 2 aromatic rings. The Morgan fingerprint density at radius 2 is 1.60 bits per heavy atom. The largest absolute Gasteiger partial charge is 0.446 e. The van der Waals surface area contributed by atoms with Gasteiger partial charge in [-0.25, -0.2) is 4.79 Å². The van der Waals surface area contributed by atoms with Gasteiger partial charge in [0.2, 0.25) is 5.91 Å². The number of rotatable bonds is 6. The Kier molecular flexibility index (Phi) is 8.17. The van der Waals surface area contributed by atoms with Gasteiger partial charge in [-0.05, 0) is 70.3 Å². The van der Waals surface area contributed by atoms with Gasteiger partial charge < -0.3 is 19.4 Å². The third-order valence-corrected chi connectivity index (χ3v) is 6.00. The van der Waals surface area contributed by atoms with E-state index in [1.54, 1.807) is 21.7 Å². The van der Waals surface area contributed by atoms with E-state index in [-0.39, 0.29) is 24.0 Å². The third-order valence-electron chi connectivity index (χ3n) is 6.00. The van der Waals surface area contributed by atoms with Crippen molar-refractivity contribution in [1.29, 1.82) is 0 Å². The van der Waals surface area contributed by atoms with Crippen molar-refractivity contribution in [2.75, 3.05) is 50.6 Å². The standard InChI is InChI=1S/C27H36N4O4/c1-18(2)35-27(34)30-17-19(3)31(20(4)32)24-13-12-23(16-25(24)30)21-8-10-22(11-9-21)26(33)29(7)15-14-28(5)6/h8-13,16,18-19H,14-15,17H2,1-7H3/t19-/m0/s1. The van der Waals surface area contributed by atoms with E-state index in [0.717, 1.165) is 17.7 Å². The maximum atomic E-state index is 12.9. The lowest BCUT2D eigenvalue weighted by Crippen LogP contribution is -2.51. The predicted octanol–water partition coefficient (Wildman–Crippen LogP) is 4.09. The van der Waals surface area contributed by atoms with Crippen molar-refractivity contribution in [2.24, 2.45) is 0 Å². The first-order valence-corrected chi connectivity index (χ1v) is 11.9. The fraction of sp³-hybridized carbons (Fsp3) is 0.444. The van der Waals surface area contributed by atoms with Gasteiger partial charge in [0.25, 0.3) is 5.91 Å². The van der Waals surface area contributed by atoms with E-state index in [2.05, 4.69) is 0 Å². The first-order valence-electron chi connectivity index (χ1n) is 11.9. The van der Waals surface area contributed by atoms with Gasteiger partial charge in [-0.2, -0.15) is 0 Å². The third kappa shape index (κ3) is 6.00. The molecule has 1 aliphatic heterocycles. The number of amides is 3. The van der Waals surface area contributed by atoms with Gasteiger partial charge in [0.05, 0.1) is 23.5 Å². The van der Waals surface area contributed by atoms with E-state index >= 15 is 0 Å². The summed E-state index contributed by atoms with van der Waals surface area (Å²) >= 11 is 0. The van der Waals surface area contributed by atoms with Crippen LogP contribution in [-0.4, -0.2) is 80.6 Å². The smallest absolute Gasteiger partial charge is 0.414 e. The summed E-state index contributed by atoms with van der Waals surface area (Å²) in [5.74, 6) is -0.109. The lowest BCUT2D eigenvalue weighted by Gasteiger charge is -2.40. The summed E-state index contributed by atoms with van der Waals surface area (Å²) in [5, 5.41) is 0. The zero-order chi connectivity index (χ0) is 25.9. The first kappa shape index (κ1) is 26.2. The number of benzene rings is 2. The van der Waals surface area contributed by atoms with Crippen LogP contribution in [-0.2, 0) is 9.53 Å². The summed E-state index contributed by atoms with van der Waals surface area (Å²) in [6.07, 6.45) is -0.689. The minimum atomic E-state index is -0.435. The molecule has 2 aromatic carbocycles. The van der Waals surface area contributed by atoms with Gasteiger partial charge in [0, 0.05) is 39.2 Å². The second kappa shape index (κ2) is 10.9. The van der Waals surface area contributed by atoms with Crippen LogP contribution in [0.5, 0.6) is 0 Å². The number of carbonyl (C=O) groups excluding carboxylic acids is 3. The molecule has 0 N–H and O–H groups in total. The van der Waals surface area contributed by atoms with Crippen molar-refractivity contribution in [1.82, 2.24) is 9.80 Å². The zero-order valence-corrected chi connectivity index (χ0v) is 21.7. The monoisotopic (exact) mass is 480 g/mol. The van der Waals surface area contributed by atoms with Gasteiger partial charge in [-0.3, -0.25) is 14.5 Å². The van der Waals surface area contributed by atoms with E-state index in [9.17, 15) is 14.4 Å². The number of fused-ring (bicyclic) bond motifs is 1. The van der Waals surface area contributed by atoms with E-state index in [0.29, 0.717) is 30.0 Å². The topological polar surface area (TPSA) is 73.4 Å². The fourth-order valence-corrected chi connectivity index (χ4v) is 4.20. The van der Waals surface area contributed by atoms with Crippen molar-refractivity contribution in [3.63, 3.8) is 0 Å². The molecule has 1 heterocycles. The van der Waals surface area contributed by atoms with Crippen LogP contribution in [0.4, 0.5) is 16.2 Å². The van der Waals surface area contributed by atoms with Crippen LogP contribution >= 0.6 is 0 Å². The molecule has 0 saturated carbocycles. The lowest BCUT2D eigenvalue weighted by molar-refractivity contribution is -0.117. The van der Waals surface area contributed by atoms with E-state index < -0.39 is 6.09 Å². The molecule has 8 heteroatoms. The molecule has 0 saturated heterocycles. The Bertz CT molecular complexity index is 1080. The minimum absolute atomic E-state index is 0.0301. The Morgan fingerprint density at radius 3 is 2.17 bits per heavy atom. The van der Waals surface area contributed by atoms with Gasteiger partial charge in [0.15, 0.2) is 0 Å². The van der Waals surface area contributed by atoms with E-state index in [4.69, 9.17) is 4.74 Å². The quantitative estimate of drug-likeness (QED) is 0.623. The molecule has 0 fully saturated rings. The van der Waals surface area contributed by atoms with Crippen LogP contribution in [0.3, 0.4) is 0 Å². The molecular formula is C27H36N4O4. The van der Waals surface area contributed by atoms with Gasteiger partial charge in [0.1, 0.15) is 0 Å². The SMILES string of the molecule is CC(=O)N1c2ccc(-c3ccc(C(=O)N(C)CCN(C)C)cc3)cc2N(C(=O)OC(C)C)C[C@@H]1C. The zero-order valence-electron chi connectivity index (χ0n) is 21.7. The number of anilines is 2. The molecule has 3 rings (SSSR count). The van der Waals surface area contributed by atoms with Gasteiger partial charge in [-0.1, -0.05) is 18.2 Å². The molecule has 188 valence electrons. The highest BCUT2D eigenvalue weighted by atomic mass is 16.6. The van der Waals surface area contributed by atoms with E-state index in [1.807, 2.05) is 82.2 Å². The summed E-state index contributed by atoms with van der Waals surface area (Å²) < 4.78 is 5.47. The number of hydrogen-bond donors (Lipinski definition) is 0. The molecule has 35 heavy (non-hydrogen) atoms. The van der Waals surface area contributed by atoms with Crippen molar-refractivity contribution >= 4 is 29.3 Å². The van der Waals surface area contributed by atoms with Gasteiger partial charge in [-0.15, -0.1) is 0 Å². The van der Waals surface area contributed by atoms with Crippen LogP contribution in [0.15, 0.2) is 42.5 Å². The number of likely N-dealkylation sites (N-methyl/N-ethyl adjacent to an activating group) is 2. The number of nitrogens with zero attached hydrogens (tertiary/aromatic N) is 4. The Balaban J connectivity index is 1.92. The molecule has 3 amide bonds. The predicted molar refractivity (Wildman–Crippen MR) is 139 cm³/mol. The van der Waals surface area contributed by atoms with Crippen molar-refractivity contribution in [3.05, 3.63) is 48.0 Å². The minimum Gasteiger partial charge on any atom is -0.446 e.